The summed E-state index contributed by atoms with van der Waals surface area (Å²) in [7, 11) is -3.83. The lowest BCUT2D eigenvalue weighted by molar-refractivity contribution is -0.385. The van der Waals surface area contributed by atoms with E-state index in [9.17, 15) is 18.5 Å². The van der Waals surface area contributed by atoms with Gasteiger partial charge in [-0.2, -0.15) is 4.31 Å². The van der Waals surface area contributed by atoms with E-state index in [2.05, 4.69) is 19.7 Å². The fourth-order valence-electron chi connectivity index (χ4n) is 5.21. The Kier molecular flexibility index (Phi) is 5.62. The van der Waals surface area contributed by atoms with Crippen molar-refractivity contribution in [3.63, 3.8) is 0 Å². The SMILES string of the molecule is O=[N+]([O-])c1ccc(N2CCCC2c2nnc3n2CCCCC3)c(S(=O)(=O)N2CCCC2)c1. The number of benzene rings is 1. The summed E-state index contributed by atoms with van der Waals surface area (Å²) < 4.78 is 30.7. The molecule has 1 aromatic heterocycles. The minimum absolute atomic E-state index is 0.0242. The average Bonchev–Trinajstić information content (AvgIpc) is 3.52. The first-order valence-electron chi connectivity index (χ1n) is 11.4. The third kappa shape index (κ3) is 3.66. The Morgan fingerprint density at radius 1 is 0.969 bits per heavy atom. The zero-order chi connectivity index (χ0) is 22.3. The number of sulfonamides is 1. The van der Waals surface area contributed by atoms with Crippen LogP contribution in [0.2, 0.25) is 0 Å². The smallest absolute Gasteiger partial charge is 0.270 e. The van der Waals surface area contributed by atoms with Crippen LogP contribution in [0, 0.1) is 10.1 Å². The van der Waals surface area contributed by atoms with Crippen LogP contribution < -0.4 is 4.90 Å². The largest absolute Gasteiger partial charge is 0.360 e. The van der Waals surface area contributed by atoms with Crippen LogP contribution in [0.4, 0.5) is 11.4 Å². The molecule has 1 unspecified atom stereocenters. The standard InChI is InChI=1S/C21H28N6O4S/c28-27(29)16-9-10-17(19(15-16)32(30,31)24-11-4-5-12-24)25-14-6-7-18(25)21-23-22-20-8-2-1-3-13-26(20)21/h9-10,15,18H,1-8,11-14H2. The average molecular weight is 461 g/mol. The number of nitro groups is 1. The van der Waals surface area contributed by atoms with Gasteiger partial charge in [0.15, 0.2) is 5.82 Å². The first kappa shape index (κ1) is 21.3. The van der Waals surface area contributed by atoms with E-state index >= 15 is 0 Å². The van der Waals surface area contributed by atoms with Crippen LogP contribution in [0.5, 0.6) is 0 Å². The van der Waals surface area contributed by atoms with Crippen molar-refractivity contribution >= 4 is 21.4 Å². The molecule has 2 fully saturated rings. The molecule has 0 N–H and O–H groups in total. The summed E-state index contributed by atoms with van der Waals surface area (Å²) in [4.78, 5) is 13.0. The fraction of sp³-hybridized carbons (Fsp3) is 0.619. The number of aromatic nitrogens is 3. The van der Waals surface area contributed by atoms with Crippen molar-refractivity contribution in [1.29, 1.82) is 0 Å². The van der Waals surface area contributed by atoms with Crippen molar-refractivity contribution in [2.75, 3.05) is 24.5 Å². The van der Waals surface area contributed by atoms with Gasteiger partial charge in [0.1, 0.15) is 10.7 Å². The molecule has 3 aliphatic heterocycles. The monoisotopic (exact) mass is 460 g/mol. The Hall–Kier alpha value is -2.53. The van der Waals surface area contributed by atoms with Gasteiger partial charge in [0.2, 0.25) is 10.0 Å². The van der Waals surface area contributed by atoms with Crippen LogP contribution in [-0.4, -0.2) is 52.0 Å². The highest BCUT2D eigenvalue weighted by atomic mass is 32.2. The van der Waals surface area contributed by atoms with Crippen LogP contribution in [0.25, 0.3) is 0 Å². The quantitative estimate of drug-likeness (QED) is 0.497. The molecule has 3 aliphatic rings. The molecular formula is C21H28N6O4S. The summed E-state index contributed by atoms with van der Waals surface area (Å²) >= 11 is 0. The molecule has 0 bridgehead atoms. The van der Waals surface area contributed by atoms with Crippen LogP contribution in [0.3, 0.4) is 0 Å². The van der Waals surface area contributed by atoms with E-state index in [-0.39, 0.29) is 16.6 Å². The zero-order valence-electron chi connectivity index (χ0n) is 18.0. The lowest BCUT2D eigenvalue weighted by Crippen LogP contribution is -2.32. The predicted octanol–water partition coefficient (Wildman–Crippen LogP) is 3.04. The Labute approximate surface area is 187 Å². The number of hydrogen-bond donors (Lipinski definition) is 0. The Morgan fingerprint density at radius 2 is 1.75 bits per heavy atom. The predicted molar refractivity (Wildman–Crippen MR) is 118 cm³/mol. The lowest BCUT2D eigenvalue weighted by Gasteiger charge is -2.29. The van der Waals surface area contributed by atoms with E-state index in [1.54, 1.807) is 6.07 Å². The summed E-state index contributed by atoms with van der Waals surface area (Å²) in [6.07, 6.45) is 7.61. The van der Waals surface area contributed by atoms with E-state index in [0.29, 0.717) is 25.3 Å². The van der Waals surface area contributed by atoms with Crippen LogP contribution in [0.1, 0.15) is 62.6 Å². The first-order valence-corrected chi connectivity index (χ1v) is 12.9. The molecule has 10 nitrogen and oxygen atoms in total. The Morgan fingerprint density at radius 3 is 2.53 bits per heavy atom. The van der Waals surface area contributed by atoms with Gasteiger partial charge < -0.3 is 9.47 Å². The second-order valence-corrected chi connectivity index (χ2v) is 10.7. The molecule has 0 radical (unpaired) electrons. The van der Waals surface area contributed by atoms with E-state index in [1.807, 2.05) is 0 Å². The second kappa shape index (κ2) is 8.43. The van der Waals surface area contributed by atoms with Crippen LogP contribution in [-0.2, 0) is 23.0 Å². The molecule has 2 saturated heterocycles. The molecule has 2 aromatic rings. The van der Waals surface area contributed by atoms with Crippen molar-refractivity contribution in [1.82, 2.24) is 19.1 Å². The maximum Gasteiger partial charge on any atom is 0.270 e. The highest BCUT2D eigenvalue weighted by Gasteiger charge is 2.37. The van der Waals surface area contributed by atoms with Crippen molar-refractivity contribution in [2.24, 2.45) is 0 Å². The normalized spacial score (nSPS) is 22.1. The third-order valence-corrected chi connectivity index (χ3v) is 8.76. The van der Waals surface area contributed by atoms with E-state index < -0.39 is 14.9 Å². The van der Waals surface area contributed by atoms with Gasteiger partial charge in [0.05, 0.1) is 16.7 Å². The third-order valence-electron chi connectivity index (χ3n) is 6.84. The molecule has 5 rings (SSSR count). The van der Waals surface area contributed by atoms with Gasteiger partial charge in [0, 0.05) is 44.7 Å². The number of nitro benzene ring substituents is 1. The number of hydrogen-bond acceptors (Lipinski definition) is 7. The Balaban J connectivity index is 1.58. The molecule has 1 atom stereocenters. The van der Waals surface area contributed by atoms with Gasteiger partial charge in [-0.25, -0.2) is 8.42 Å². The van der Waals surface area contributed by atoms with E-state index in [4.69, 9.17) is 0 Å². The topological polar surface area (TPSA) is 114 Å². The number of anilines is 1. The van der Waals surface area contributed by atoms with Gasteiger partial charge >= 0.3 is 0 Å². The van der Waals surface area contributed by atoms with E-state index in [1.165, 1.54) is 16.4 Å². The number of rotatable bonds is 5. The van der Waals surface area contributed by atoms with Crippen LogP contribution >= 0.6 is 0 Å². The molecular weight excluding hydrogens is 432 g/mol. The zero-order valence-corrected chi connectivity index (χ0v) is 18.8. The number of fused-ring (bicyclic) bond motifs is 1. The number of non-ortho nitro benzene ring substituents is 1. The minimum atomic E-state index is -3.83. The maximum absolute atomic E-state index is 13.5. The summed E-state index contributed by atoms with van der Waals surface area (Å²) in [5, 5.41) is 20.4. The summed E-state index contributed by atoms with van der Waals surface area (Å²) in [5.74, 6) is 1.88. The molecule has 1 aromatic carbocycles. The minimum Gasteiger partial charge on any atom is -0.360 e. The van der Waals surface area contributed by atoms with Gasteiger partial charge in [-0.3, -0.25) is 10.1 Å². The highest BCUT2D eigenvalue weighted by Crippen LogP contribution is 2.41. The molecule has 0 spiro atoms. The lowest BCUT2D eigenvalue weighted by atomic mass is 10.2. The van der Waals surface area contributed by atoms with Gasteiger partial charge in [0.25, 0.3) is 5.69 Å². The summed E-state index contributed by atoms with van der Waals surface area (Å²) in [5.41, 5.74) is 0.314. The summed E-state index contributed by atoms with van der Waals surface area (Å²) in [6, 6.07) is 4.13. The van der Waals surface area contributed by atoms with Gasteiger partial charge in [-0.1, -0.05) is 6.42 Å². The fourth-order valence-corrected chi connectivity index (χ4v) is 6.94. The van der Waals surface area contributed by atoms with Crippen molar-refractivity contribution < 1.29 is 13.3 Å². The van der Waals surface area contributed by atoms with Crippen LogP contribution in [0.15, 0.2) is 23.1 Å². The maximum atomic E-state index is 13.5. The van der Waals surface area contributed by atoms with Gasteiger partial charge in [-0.15, -0.1) is 10.2 Å². The molecule has 0 amide bonds. The molecule has 4 heterocycles. The van der Waals surface area contributed by atoms with Crippen molar-refractivity contribution in [3.05, 3.63) is 40.0 Å². The van der Waals surface area contributed by atoms with E-state index in [0.717, 1.165) is 69.6 Å². The highest BCUT2D eigenvalue weighted by molar-refractivity contribution is 7.89. The van der Waals surface area contributed by atoms with Crippen molar-refractivity contribution in [2.45, 2.75) is 68.8 Å². The molecule has 172 valence electrons. The molecule has 32 heavy (non-hydrogen) atoms. The summed E-state index contributed by atoms with van der Waals surface area (Å²) in [6.45, 7) is 2.45. The number of nitrogens with zero attached hydrogens (tertiary/aromatic N) is 6. The molecule has 11 heteroatoms. The second-order valence-electron chi connectivity index (χ2n) is 8.81. The first-order chi connectivity index (χ1) is 15.5. The number of aryl methyl sites for hydroxylation is 1. The Bertz CT molecular complexity index is 1130. The van der Waals surface area contributed by atoms with Gasteiger partial charge in [-0.05, 0) is 44.6 Å². The molecule has 0 saturated carbocycles. The molecule has 0 aliphatic carbocycles. The van der Waals surface area contributed by atoms with Crippen molar-refractivity contribution in [3.8, 4) is 0 Å².